The summed E-state index contributed by atoms with van der Waals surface area (Å²) in [5.74, 6) is -0.0220. The summed E-state index contributed by atoms with van der Waals surface area (Å²) < 4.78 is 1.90. The molecule has 1 amide bonds. The number of imidazole rings is 1. The Morgan fingerprint density at radius 1 is 1.29 bits per heavy atom. The normalized spacial score (nSPS) is 22.0. The fraction of sp³-hybridized carbons (Fsp3) is 0.375. The highest BCUT2D eigenvalue weighted by Crippen LogP contribution is 2.17. The molecule has 5 heteroatoms. The second kappa shape index (κ2) is 6.10. The van der Waals surface area contributed by atoms with E-state index in [1.54, 1.807) is 12.5 Å². The average Bonchev–Trinajstić information content (AvgIpc) is 3.01. The van der Waals surface area contributed by atoms with Crippen LogP contribution in [0.2, 0.25) is 0 Å². The maximum atomic E-state index is 12.2. The number of aromatic nitrogens is 2. The Morgan fingerprint density at radius 2 is 2.10 bits per heavy atom. The summed E-state index contributed by atoms with van der Waals surface area (Å²) in [6.07, 6.45) is 9.38. The predicted octanol–water partition coefficient (Wildman–Crippen LogP) is 1.87. The molecule has 0 saturated heterocycles. The lowest BCUT2D eigenvalue weighted by Crippen LogP contribution is -2.42. The second-order valence-corrected chi connectivity index (χ2v) is 5.61. The molecule has 2 aromatic rings. The highest BCUT2D eigenvalue weighted by atomic mass is 16.1. The van der Waals surface area contributed by atoms with Gasteiger partial charge >= 0.3 is 0 Å². The van der Waals surface area contributed by atoms with E-state index in [2.05, 4.69) is 10.3 Å². The van der Waals surface area contributed by atoms with Gasteiger partial charge in [-0.15, -0.1) is 0 Å². The van der Waals surface area contributed by atoms with Crippen LogP contribution in [-0.4, -0.2) is 27.5 Å². The molecule has 0 radical (unpaired) electrons. The van der Waals surface area contributed by atoms with E-state index in [1.807, 2.05) is 35.0 Å². The molecule has 2 unspecified atom stereocenters. The van der Waals surface area contributed by atoms with Gasteiger partial charge < -0.3 is 15.6 Å². The fourth-order valence-electron chi connectivity index (χ4n) is 2.82. The van der Waals surface area contributed by atoms with Crippen LogP contribution in [0, 0.1) is 0 Å². The molecule has 0 aliphatic heterocycles. The van der Waals surface area contributed by atoms with Gasteiger partial charge in [0.15, 0.2) is 0 Å². The first-order chi connectivity index (χ1) is 10.2. The van der Waals surface area contributed by atoms with E-state index in [1.165, 1.54) is 0 Å². The zero-order chi connectivity index (χ0) is 14.7. The van der Waals surface area contributed by atoms with Crippen molar-refractivity contribution in [3.8, 4) is 5.69 Å². The third kappa shape index (κ3) is 3.31. The minimum atomic E-state index is -0.0220. The molecule has 1 aromatic carbocycles. The summed E-state index contributed by atoms with van der Waals surface area (Å²) in [4.78, 5) is 16.3. The number of carbonyl (C=O) groups excluding carboxylic acids is 1. The number of hydrogen-bond donors (Lipinski definition) is 2. The third-order valence-corrected chi connectivity index (χ3v) is 3.98. The smallest absolute Gasteiger partial charge is 0.251 e. The monoisotopic (exact) mass is 284 g/mol. The lowest BCUT2D eigenvalue weighted by atomic mass is 9.91. The van der Waals surface area contributed by atoms with E-state index in [4.69, 9.17) is 5.73 Å². The minimum absolute atomic E-state index is 0.0220. The molecule has 1 fully saturated rings. The van der Waals surface area contributed by atoms with Crippen LogP contribution in [0.3, 0.4) is 0 Å². The number of benzene rings is 1. The number of nitrogens with two attached hydrogens (primary N) is 1. The van der Waals surface area contributed by atoms with Crippen LogP contribution in [0.25, 0.3) is 5.69 Å². The first-order valence-corrected chi connectivity index (χ1v) is 7.37. The summed E-state index contributed by atoms with van der Waals surface area (Å²) in [5, 5.41) is 3.08. The highest BCUT2D eigenvalue weighted by Gasteiger charge is 2.21. The maximum absolute atomic E-state index is 12.2. The molecule has 0 bridgehead atoms. The van der Waals surface area contributed by atoms with Crippen molar-refractivity contribution in [2.45, 2.75) is 37.8 Å². The van der Waals surface area contributed by atoms with Crippen LogP contribution < -0.4 is 11.1 Å². The molecule has 1 aliphatic rings. The Balaban J connectivity index is 1.65. The van der Waals surface area contributed by atoms with Crippen molar-refractivity contribution in [3.63, 3.8) is 0 Å². The van der Waals surface area contributed by atoms with Gasteiger partial charge in [-0.05, 0) is 49.9 Å². The van der Waals surface area contributed by atoms with E-state index >= 15 is 0 Å². The molecule has 5 nitrogen and oxygen atoms in total. The number of amides is 1. The standard InChI is InChI=1S/C16H20N4O/c17-13-2-1-3-14(10-13)19-16(21)12-4-6-15(7-5-12)20-9-8-18-11-20/h4-9,11,13-14H,1-3,10,17H2,(H,19,21). The van der Waals surface area contributed by atoms with Crippen LogP contribution in [0.4, 0.5) is 0 Å². The van der Waals surface area contributed by atoms with Crippen molar-refractivity contribution in [1.29, 1.82) is 0 Å². The van der Waals surface area contributed by atoms with Gasteiger partial charge in [-0.2, -0.15) is 0 Å². The van der Waals surface area contributed by atoms with Crippen molar-refractivity contribution < 1.29 is 4.79 Å². The second-order valence-electron chi connectivity index (χ2n) is 5.61. The van der Waals surface area contributed by atoms with E-state index in [9.17, 15) is 4.79 Å². The van der Waals surface area contributed by atoms with Crippen LogP contribution in [0.5, 0.6) is 0 Å². The molecule has 1 aliphatic carbocycles. The third-order valence-electron chi connectivity index (χ3n) is 3.98. The van der Waals surface area contributed by atoms with Crippen LogP contribution in [0.15, 0.2) is 43.0 Å². The zero-order valence-electron chi connectivity index (χ0n) is 11.9. The van der Waals surface area contributed by atoms with Crippen molar-refractivity contribution >= 4 is 5.91 Å². The topological polar surface area (TPSA) is 72.9 Å². The van der Waals surface area contributed by atoms with Gasteiger partial charge in [0.05, 0.1) is 6.33 Å². The van der Waals surface area contributed by atoms with Gasteiger partial charge in [0, 0.05) is 35.7 Å². The molecule has 2 atom stereocenters. The Morgan fingerprint density at radius 3 is 2.76 bits per heavy atom. The van der Waals surface area contributed by atoms with Crippen molar-refractivity contribution in [3.05, 3.63) is 48.5 Å². The Labute approximate surface area is 124 Å². The average molecular weight is 284 g/mol. The highest BCUT2D eigenvalue weighted by molar-refractivity contribution is 5.94. The first-order valence-electron chi connectivity index (χ1n) is 7.37. The summed E-state index contributed by atoms with van der Waals surface area (Å²) in [6.45, 7) is 0. The quantitative estimate of drug-likeness (QED) is 0.903. The van der Waals surface area contributed by atoms with Gasteiger partial charge in [-0.25, -0.2) is 4.98 Å². The first kappa shape index (κ1) is 13.8. The summed E-state index contributed by atoms with van der Waals surface area (Å²) in [7, 11) is 0. The van der Waals surface area contributed by atoms with Crippen molar-refractivity contribution in [2.75, 3.05) is 0 Å². The molecule has 1 aromatic heterocycles. The molecule has 1 saturated carbocycles. The Hall–Kier alpha value is -2.14. The number of rotatable bonds is 3. The number of nitrogens with one attached hydrogen (secondary N) is 1. The van der Waals surface area contributed by atoms with Crippen LogP contribution in [0.1, 0.15) is 36.0 Å². The SMILES string of the molecule is NC1CCCC(NC(=O)c2ccc(-n3ccnc3)cc2)C1. The lowest BCUT2D eigenvalue weighted by molar-refractivity contribution is 0.0925. The number of hydrogen-bond acceptors (Lipinski definition) is 3. The summed E-state index contributed by atoms with van der Waals surface area (Å²) in [5.41, 5.74) is 7.62. The molecule has 1 heterocycles. The molecule has 3 N–H and O–H groups in total. The van der Waals surface area contributed by atoms with Gasteiger partial charge in [-0.3, -0.25) is 4.79 Å². The molecule has 0 spiro atoms. The number of carbonyl (C=O) groups is 1. The largest absolute Gasteiger partial charge is 0.349 e. The van der Waals surface area contributed by atoms with E-state index in [-0.39, 0.29) is 18.0 Å². The fourth-order valence-corrected chi connectivity index (χ4v) is 2.82. The molecular weight excluding hydrogens is 264 g/mol. The van der Waals surface area contributed by atoms with Crippen molar-refractivity contribution in [1.82, 2.24) is 14.9 Å². The van der Waals surface area contributed by atoms with Gasteiger partial charge in [-0.1, -0.05) is 0 Å². The molecule has 110 valence electrons. The summed E-state index contributed by atoms with van der Waals surface area (Å²) >= 11 is 0. The molecule has 3 rings (SSSR count). The van der Waals surface area contributed by atoms with Gasteiger partial charge in [0.25, 0.3) is 5.91 Å². The minimum Gasteiger partial charge on any atom is -0.349 e. The van der Waals surface area contributed by atoms with Crippen molar-refractivity contribution in [2.24, 2.45) is 5.73 Å². The Bertz CT molecular complexity index is 591. The van der Waals surface area contributed by atoms with Gasteiger partial charge in [0.2, 0.25) is 0 Å². The van der Waals surface area contributed by atoms with Gasteiger partial charge in [0.1, 0.15) is 0 Å². The van der Waals surface area contributed by atoms with Crippen LogP contribution >= 0.6 is 0 Å². The predicted molar refractivity (Wildman–Crippen MR) is 81.3 cm³/mol. The maximum Gasteiger partial charge on any atom is 0.251 e. The molecular formula is C16H20N4O. The lowest BCUT2D eigenvalue weighted by Gasteiger charge is -2.27. The van der Waals surface area contributed by atoms with E-state index in [0.717, 1.165) is 31.4 Å². The molecule has 21 heavy (non-hydrogen) atoms. The summed E-state index contributed by atoms with van der Waals surface area (Å²) in [6, 6.07) is 7.94. The van der Waals surface area contributed by atoms with E-state index in [0.29, 0.717) is 5.56 Å². The zero-order valence-corrected chi connectivity index (χ0v) is 11.9. The Kier molecular flexibility index (Phi) is 4.01. The van der Waals surface area contributed by atoms with Crippen LogP contribution in [-0.2, 0) is 0 Å². The number of nitrogens with zero attached hydrogens (tertiary/aromatic N) is 2. The van der Waals surface area contributed by atoms with E-state index < -0.39 is 0 Å².